The Balaban J connectivity index is 1.62. The van der Waals surface area contributed by atoms with Gasteiger partial charge in [-0.3, -0.25) is 0 Å². The predicted octanol–water partition coefficient (Wildman–Crippen LogP) is 4.84. The lowest BCUT2D eigenvalue weighted by Crippen LogP contribution is -2.19. The number of carbonyl (C=O) groups is 1. The van der Waals surface area contributed by atoms with E-state index >= 15 is 0 Å². The minimum absolute atomic E-state index is 0.265. The maximum Gasteiger partial charge on any atom is 0.416 e. The van der Waals surface area contributed by atoms with Gasteiger partial charge in [-0.25, -0.2) is 9.78 Å². The van der Waals surface area contributed by atoms with E-state index in [0.29, 0.717) is 5.69 Å². The highest BCUT2D eigenvalue weighted by molar-refractivity contribution is 5.99. The molecule has 0 aliphatic rings. The van der Waals surface area contributed by atoms with Crippen molar-refractivity contribution in [1.29, 1.82) is 0 Å². The van der Waals surface area contributed by atoms with E-state index in [-0.39, 0.29) is 5.69 Å². The minimum Gasteiger partial charge on any atom is -0.308 e. The molecule has 3 aromatic rings. The van der Waals surface area contributed by atoms with Crippen LogP contribution in [-0.4, -0.2) is 15.6 Å². The van der Waals surface area contributed by atoms with Crippen molar-refractivity contribution in [3.8, 4) is 5.69 Å². The molecule has 2 N–H and O–H groups in total. The molecule has 0 saturated carbocycles. The molecule has 2 aromatic carbocycles. The van der Waals surface area contributed by atoms with Gasteiger partial charge in [0, 0.05) is 29.5 Å². The molecule has 0 aliphatic heterocycles. The Bertz CT molecular complexity index is 899. The highest BCUT2D eigenvalue weighted by Gasteiger charge is 2.29. The number of aryl methyl sites for hydroxylation is 1. The van der Waals surface area contributed by atoms with E-state index in [4.69, 9.17) is 0 Å². The van der Waals surface area contributed by atoms with Crippen LogP contribution in [0.5, 0.6) is 0 Å². The second-order valence-corrected chi connectivity index (χ2v) is 5.55. The molecule has 26 heavy (non-hydrogen) atoms. The number of alkyl halides is 3. The summed E-state index contributed by atoms with van der Waals surface area (Å²) >= 11 is 0. The van der Waals surface area contributed by atoms with Gasteiger partial charge < -0.3 is 15.2 Å². The normalized spacial score (nSPS) is 11.2. The highest BCUT2D eigenvalue weighted by atomic mass is 19.4. The maximum absolute atomic E-state index is 12.5. The molecule has 0 saturated heterocycles. The summed E-state index contributed by atoms with van der Waals surface area (Å²) in [6.45, 7) is 1.88. The smallest absolute Gasteiger partial charge is 0.308 e. The number of nitrogens with one attached hydrogen (secondary N) is 2. The number of urea groups is 1. The largest absolute Gasteiger partial charge is 0.416 e. The molecular formula is C18H15F3N4O. The molecule has 2 amide bonds. The summed E-state index contributed by atoms with van der Waals surface area (Å²) in [4.78, 5) is 16.1. The lowest BCUT2D eigenvalue weighted by Gasteiger charge is -2.10. The topological polar surface area (TPSA) is 59.0 Å². The predicted molar refractivity (Wildman–Crippen MR) is 92.4 cm³/mol. The van der Waals surface area contributed by atoms with Gasteiger partial charge in [0.1, 0.15) is 5.82 Å². The highest BCUT2D eigenvalue weighted by Crippen LogP contribution is 2.29. The van der Waals surface area contributed by atoms with Crippen molar-refractivity contribution < 1.29 is 18.0 Å². The third-order valence-electron chi connectivity index (χ3n) is 3.70. The summed E-state index contributed by atoms with van der Waals surface area (Å²) in [7, 11) is 0. The Morgan fingerprint density at radius 1 is 0.962 bits per heavy atom. The molecule has 0 radical (unpaired) electrons. The van der Waals surface area contributed by atoms with E-state index in [9.17, 15) is 18.0 Å². The van der Waals surface area contributed by atoms with Crippen LogP contribution in [0.15, 0.2) is 60.9 Å². The van der Waals surface area contributed by atoms with Gasteiger partial charge in [-0.1, -0.05) is 0 Å². The average Bonchev–Trinajstić information content (AvgIpc) is 3.01. The molecule has 134 valence electrons. The summed E-state index contributed by atoms with van der Waals surface area (Å²) in [5.41, 5.74) is 0.944. The van der Waals surface area contributed by atoms with Crippen LogP contribution in [0.2, 0.25) is 0 Å². The first-order valence-corrected chi connectivity index (χ1v) is 7.68. The van der Waals surface area contributed by atoms with Gasteiger partial charge in [-0.2, -0.15) is 13.2 Å². The van der Waals surface area contributed by atoms with E-state index < -0.39 is 17.8 Å². The Hall–Kier alpha value is -3.29. The summed E-state index contributed by atoms with van der Waals surface area (Å²) in [5.74, 6) is 0.839. The van der Waals surface area contributed by atoms with Crippen molar-refractivity contribution >= 4 is 17.4 Å². The number of hydrogen-bond acceptors (Lipinski definition) is 2. The Labute approximate surface area is 147 Å². The van der Waals surface area contributed by atoms with Crippen LogP contribution >= 0.6 is 0 Å². The minimum atomic E-state index is -4.41. The summed E-state index contributed by atoms with van der Waals surface area (Å²) in [6, 6.07) is 10.8. The number of halogens is 3. The van der Waals surface area contributed by atoms with Crippen LogP contribution in [0.4, 0.5) is 29.3 Å². The number of anilines is 2. The molecule has 0 aliphatic carbocycles. The molecule has 5 nitrogen and oxygen atoms in total. The van der Waals surface area contributed by atoms with Crippen molar-refractivity contribution in [3.63, 3.8) is 0 Å². The number of amides is 2. The molecule has 0 spiro atoms. The van der Waals surface area contributed by atoms with E-state index in [1.807, 2.05) is 29.8 Å². The third-order valence-corrected chi connectivity index (χ3v) is 3.70. The van der Waals surface area contributed by atoms with Gasteiger partial charge in [0.15, 0.2) is 0 Å². The fourth-order valence-electron chi connectivity index (χ4n) is 2.39. The van der Waals surface area contributed by atoms with E-state index in [2.05, 4.69) is 15.6 Å². The lowest BCUT2D eigenvalue weighted by molar-refractivity contribution is -0.137. The molecule has 1 aromatic heterocycles. The molecule has 0 fully saturated rings. The number of aromatic nitrogens is 2. The third kappa shape index (κ3) is 4.02. The van der Waals surface area contributed by atoms with Crippen molar-refractivity contribution in [3.05, 3.63) is 72.3 Å². The van der Waals surface area contributed by atoms with Gasteiger partial charge in [0.25, 0.3) is 0 Å². The van der Waals surface area contributed by atoms with E-state index in [1.54, 1.807) is 18.3 Å². The van der Waals surface area contributed by atoms with Crippen LogP contribution in [0, 0.1) is 6.92 Å². The summed E-state index contributed by atoms with van der Waals surface area (Å²) < 4.78 is 39.5. The van der Waals surface area contributed by atoms with Gasteiger partial charge in [-0.05, 0) is 55.5 Å². The summed E-state index contributed by atoms with van der Waals surface area (Å²) in [5, 5.41) is 5.11. The Kier molecular flexibility index (Phi) is 4.66. The van der Waals surface area contributed by atoms with Crippen LogP contribution in [0.25, 0.3) is 5.69 Å². The molecular weight excluding hydrogens is 345 g/mol. The molecule has 8 heteroatoms. The zero-order valence-electron chi connectivity index (χ0n) is 13.7. The fourth-order valence-corrected chi connectivity index (χ4v) is 2.39. The first-order chi connectivity index (χ1) is 12.3. The zero-order chi connectivity index (χ0) is 18.7. The second-order valence-electron chi connectivity index (χ2n) is 5.55. The first kappa shape index (κ1) is 17.5. The molecule has 1 heterocycles. The number of rotatable bonds is 3. The molecule has 0 bridgehead atoms. The number of carbonyl (C=O) groups excluding carboxylic acids is 1. The first-order valence-electron chi connectivity index (χ1n) is 7.68. The number of imidazole rings is 1. The zero-order valence-corrected chi connectivity index (χ0v) is 13.7. The quantitative estimate of drug-likeness (QED) is 0.702. The number of nitrogens with zero attached hydrogens (tertiary/aromatic N) is 2. The van der Waals surface area contributed by atoms with Crippen molar-refractivity contribution in [1.82, 2.24) is 9.55 Å². The van der Waals surface area contributed by atoms with E-state index in [0.717, 1.165) is 23.6 Å². The summed E-state index contributed by atoms with van der Waals surface area (Å²) in [6.07, 6.45) is -0.885. The van der Waals surface area contributed by atoms with Gasteiger partial charge in [-0.15, -0.1) is 0 Å². The van der Waals surface area contributed by atoms with Crippen LogP contribution in [0.1, 0.15) is 11.4 Å². The van der Waals surface area contributed by atoms with Gasteiger partial charge >= 0.3 is 12.2 Å². The second kappa shape index (κ2) is 6.91. The monoisotopic (exact) mass is 360 g/mol. The van der Waals surface area contributed by atoms with Crippen LogP contribution < -0.4 is 10.6 Å². The van der Waals surface area contributed by atoms with Crippen molar-refractivity contribution in [2.24, 2.45) is 0 Å². The molecule has 0 atom stereocenters. The lowest BCUT2D eigenvalue weighted by atomic mass is 10.2. The number of hydrogen-bond donors (Lipinski definition) is 2. The Morgan fingerprint density at radius 2 is 1.50 bits per heavy atom. The van der Waals surface area contributed by atoms with E-state index in [1.165, 1.54) is 12.1 Å². The SMILES string of the molecule is Cc1nccn1-c1ccc(NC(=O)Nc2ccc(C(F)(F)F)cc2)cc1. The maximum atomic E-state index is 12.5. The van der Waals surface area contributed by atoms with Crippen molar-refractivity contribution in [2.45, 2.75) is 13.1 Å². The average molecular weight is 360 g/mol. The molecule has 3 rings (SSSR count). The fraction of sp³-hybridized carbons (Fsp3) is 0.111. The Morgan fingerprint density at radius 3 is 1.96 bits per heavy atom. The van der Waals surface area contributed by atoms with Crippen molar-refractivity contribution in [2.75, 3.05) is 10.6 Å². The van der Waals surface area contributed by atoms with Gasteiger partial charge in [0.05, 0.1) is 5.56 Å². The van der Waals surface area contributed by atoms with Gasteiger partial charge in [0.2, 0.25) is 0 Å². The molecule has 0 unspecified atom stereocenters. The number of benzene rings is 2. The van der Waals surface area contributed by atoms with Crippen LogP contribution in [-0.2, 0) is 6.18 Å². The standard InChI is InChI=1S/C18H15F3N4O/c1-12-22-10-11-25(12)16-8-6-15(7-9-16)24-17(26)23-14-4-2-13(3-5-14)18(19,20)21/h2-11H,1H3,(H2,23,24,26). The van der Waals surface area contributed by atoms with Crippen LogP contribution in [0.3, 0.4) is 0 Å².